The average Bonchev–Trinajstić information content (AvgIpc) is 2.32. The molecule has 0 aliphatic rings. The Hall–Kier alpha value is -0.430. The summed E-state index contributed by atoms with van der Waals surface area (Å²) >= 11 is 3.44. The van der Waals surface area contributed by atoms with Gasteiger partial charge in [-0.05, 0) is 57.5 Å². The van der Waals surface area contributed by atoms with Crippen LogP contribution in [0.3, 0.4) is 0 Å². The van der Waals surface area contributed by atoms with Crippen LogP contribution in [-0.4, -0.2) is 21.0 Å². The summed E-state index contributed by atoms with van der Waals surface area (Å²) in [6.07, 6.45) is 0.725. The molecule has 0 fully saturated rings. The smallest absolute Gasteiger partial charge is 0.241 e. The number of rotatable bonds is 6. The summed E-state index contributed by atoms with van der Waals surface area (Å²) in [5, 5.41) is 3.03. The van der Waals surface area contributed by atoms with Crippen LogP contribution in [0.4, 0.5) is 0 Å². The molecule has 0 saturated heterocycles. The van der Waals surface area contributed by atoms with E-state index in [1.807, 2.05) is 33.9 Å². The van der Waals surface area contributed by atoms with Crippen LogP contribution >= 0.6 is 15.9 Å². The minimum absolute atomic E-state index is 0.332. The quantitative estimate of drug-likeness (QED) is 0.817. The molecular formula is C14H23BrN2O2S. The summed E-state index contributed by atoms with van der Waals surface area (Å²) in [7, 11) is -1.70. The zero-order valence-electron chi connectivity index (χ0n) is 12.7. The van der Waals surface area contributed by atoms with Gasteiger partial charge in [0.05, 0.1) is 4.90 Å². The molecule has 0 radical (unpaired) electrons. The zero-order valence-corrected chi connectivity index (χ0v) is 15.1. The molecule has 1 rings (SSSR count). The van der Waals surface area contributed by atoms with Crippen molar-refractivity contribution in [2.24, 2.45) is 0 Å². The van der Waals surface area contributed by atoms with E-state index in [0.717, 1.165) is 22.0 Å². The third kappa shape index (κ3) is 4.28. The van der Waals surface area contributed by atoms with E-state index in [4.69, 9.17) is 0 Å². The molecule has 0 heterocycles. The summed E-state index contributed by atoms with van der Waals surface area (Å²) in [4.78, 5) is 0.332. The summed E-state index contributed by atoms with van der Waals surface area (Å²) in [6.45, 7) is 8.15. The first-order chi connectivity index (χ1) is 9.13. The van der Waals surface area contributed by atoms with Crippen molar-refractivity contribution in [3.63, 3.8) is 0 Å². The Kier molecular flexibility index (Phi) is 5.78. The lowest BCUT2D eigenvalue weighted by Crippen LogP contribution is -2.42. The Morgan fingerprint density at radius 2 is 1.90 bits per heavy atom. The van der Waals surface area contributed by atoms with Gasteiger partial charge in [0.25, 0.3) is 0 Å². The fourth-order valence-electron chi connectivity index (χ4n) is 1.78. The fourth-order valence-corrected chi connectivity index (χ4v) is 4.22. The number of nitrogens with one attached hydrogen (secondary N) is 2. The SMILES string of the molecule is CCC(C)(C)NS(=O)(=O)c1cc(CNC)cc(Br)c1C. The van der Waals surface area contributed by atoms with Crippen LogP contribution in [0.2, 0.25) is 0 Å². The molecule has 0 spiro atoms. The second-order valence-electron chi connectivity index (χ2n) is 5.57. The van der Waals surface area contributed by atoms with Crippen LogP contribution in [0.15, 0.2) is 21.5 Å². The second-order valence-corrected chi connectivity index (χ2v) is 8.08. The highest BCUT2D eigenvalue weighted by molar-refractivity contribution is 9.10. The van der Waals surface area contributed by atoms with Crippen molar-refractivity contribution < 1.29 is 8.42 Å². The maximum absolute atomic E-state index is 12.6. The van der Waals surface area contributed by atoms with Gasteiger partial charge in [-0.15, -0.1) is 0 Å². The summed E-state index contributed by atoms with van der Waals surface area (Å²) in [5.41, 5.74) is 1.19. The Balaban J connectivity index is 3.30. The van der Waals surface area contributed by atoms with Gasteiger partial charge < -0.3 is 5.32 Å². The van der Waals surface area contributed by atoms with Crippen molar-refractivity contribution in [2.45, 2.75) is 51.1 Å². The molecule has 2 N–H and O–H groups in total. The maximum atomic E-state index is 12.6. The molecule has 0 aliphatic carbocycles. The van der Waals surface area contributed by atoms with Crippen LogP contribution in [0, 0.1) is 6.92 Å². The van der Waals surface area contributed by atoms with Crippen LogP contribution in [-0.2, 0) is 16.6 Å². The van der Waals surface area contributed by atoms with Crippen molar-refractivity contribution >= 4 is 26.0 Å². The molecule has 0 saturated carbocycles. The Bertz CT molecular complexity index is 583. The number of sulfonamides is 1. The van der Waals surface area contributed by atoms with E-state index in [0.29, 0.717) is 11.4 Å². The summed E-state index contributed by atoms with van der Waals surface area (Å²) in [5.74, 6) is 0. The topological polar surface area (TPSA) is 58.2 Å². The number of benzene rings is 1. The minimum Gasteiger partial charge on any atom is -0.316 e. The van der Waals surface area contributed by atoms with E-state index in [-0.39, 0.29) is 0 Å². The van der Waals surface area contributed by atoms with Crippen molar-refractivity contribution in [1.29, 1.82) is 0 Å². The van der Waals surface area contributed by atoms with E-state index in [1.54, 1.807) is 13.0 Å². The van der Waals surface area contributed by atoms with E-state index in [1.165, 1.54) is 0 Å². The number of hydrogen-bond donors (Lipinski definition) is 2. The van der Waals surface area contributed by atoms with Crippen molar-refractivity contribution in [3.05, 3.63) is 27.7 Å². The lowest BCUT2D eigenvalue weighted by atomic mass is 10.0. The predicted molar refractivity (Wildman–Crippen MR) is 86.3 cm³/mol. The van der Waals surface area contributed by atoms with Gasteiger partial charge in [-0.2, -0.15) is 0 Å². The van der Waals surface area contributed by atoms with Gasteiger partial charge in [-0.25, -0.2) is 13.1 Å². The standard InChI is InChI=1S/C14H23BrN2O2S/c1-6-14(3,4)17-20(18,19)13-8-11(9-16-5)7-12(15)10(13)2/h7-8,16-17H,6,9H2,1-5H3. The van der Waals surface area contributed by atoms with E-state index in [2.05, 4.69) is 26.0 Å². The van der Waals surface area contributed by atoms with Crippen molar-refractivity contribution in [1.82, 2.24) is 10.0 Å². The molecule has 0 unspecified atom stereocenters. The molecule has 0 aliphatic heterocycles. The van der Waals surface area contributed by atoms with E-state index in [9.17, 15) is 8.42 Å². The highest BCUT2D eigenvalue weighted by atomic mass is 79.9. The molecule has 1 aromatic carbocycles. The third-order valence-electron chi connectivity index (χ3n) is 3.32. The first-order valence-electron chi connectivity index (χ1n) is 6.60. The van der Waals surface area contributed by atoms with Gasteiger partial charge in [0.2, 0.25) is 10.0 Å². The molecule has 20 heavy (non-hydrogen) atoms. The molecule has 4 nitrogen and oxygen atoms in total. The van der Waals surface area contributed by atoms with Gasteiger partial charge in [-0.3, -0.25) is 0 Å². The Morgan fingerprint density at radius 3 is 2.40 bits per heavy atom. The van der Waals surface area contributed by atoms with Gasteiger partial charge in [0.15, 0.2) is 0 Å². The normalized spacial score (nSPS) is 12.7. The van der Waals surface area contributed by atoms with Crippen molar-refractivity contribution in [3.8, 4) is 0 Å². The van der Waals surface area contributed by atoms with Crippen LogP contribution in [0.5, 0.6) is 0 Å². The predicted octanol–water partition coefficient (Wildman–Crippen LogP) is 2.94. The fraction of sp³-hybridized carbons (Fsp3) is 0.571. The molecule has 0 amide bonds. The first-order valence-corrected chi connectivity index (χ1v) is 8.88. The molecule has 0 atom stereocenters. The monoisotopic (exact) mass is 362 g/mol. The van der Waals surface area contributed by atoms with Gasteiger partial charge >= 0.3 is 0 Å². The number of halogens is 1. The minimum atomic E-state index is -3.53. The van der Waals surface area contributed by atoms with E-state index < -0.39 is 15.6 Å². The highest BCUT2D eigenvalue weighted by Gasteiger charge is 2.26. The van der Waals surface area contributed by atoms with Gasteiger partial charge in [0, 0.05) is 16.6 Å². The lowest BCUT2D eigenvalue weighted by Gasteiger charge is -2.25. The summed E-state index contributed by atoms with van der Waals surface area (Å²) in [6, 6.07) is 3.67. The largest absolute Gasteiger partial charge is 0.316 e. The van der Waals surface area contributed by atoms with Crippen LogP contribution in [0.1, 0.15) is 38.3 Å². The van der Waals surface area contributed by atoms with Crippen LogP contribution < -0.4 is 10.0 Å². The zero-order chi connectivity index (χ0) is 15.6. The Morgan fingerprint density at radius 1 is 1.30 bits per heavy atom. The average molecular weight is 363 g/mol. The summed E-state index contributed by atoms with van der Waals surface area (Å²) < 4.78 is 28.7. The maximum Gasteiger partial charge on any atom is 0.241 e. The molecule has 114 valence electrons. The van der Waals surface area contributed by atoms with Gasteiger partial charge in [0.1, 0.15) is 0 Å². The molecular weight excluding hydrogens is 340 g/mol. The number of hydrogen-bond acceptors (Lipinski definition) is 3. The van der Waals surface area contributed by atoms with Crippen molar-refractivity contribution in [2.75, 3.05) is 7.05 Å². The Labute approximate surface area is 130 Å². The molecule has 0 bridgehead atoms. The molecule has 6 heteroatoms. The highest BCUT2D eigenvalue weighted by Crippen LogP contribution is 2.27. The van der Waals surface area contributed by atoms with Crippen LogP contribution in [0.25, 0.3) is 0 Å². The molecule has 0 aromatic heterocycles. The second kappa shape index (κ2) is 6.56. The first kappa shape index (κ1) is 17.6. The lowest BCUT2D eigenvalue weighted by molar-refractivity contribution is 0.439. The van der Waals surface area contributed by atoms with Gasteiger partial charge in [-0.1, -0.05) is 22.9 Å². The van der Waals surface area contributed by atoms with E-state index >= 15 is 0 Å². The third-order valence-corrected chi connectivity index (χ3v) is 5.97. The molecule has 1 aromatic rings.